The van der Waals surface area contributed by atoms with Crippen molar-refractivity contribution in [3.63, 3.8) is 0 Å². The minimum absolute atomic E-state index is 0.214. The molecule has 2 aliphatic rings. The number of aromatic nitrogens is 2. The van der Waals surface area contributed by atoms with Crippen molar-refractivity contribution >= 4 is 0 Å². The second-order valence-corrected chi connectivity index (χ2v) is 7.20. The predicted molar refractivity (Wildman–Crippen MR) is 89.7 cm³/mol. The van der Waals surface area contributed by atoms with Crippen LogP contribution in [0.1, 0.15) is 25.8 Å². The number of nitrogens with zero attached hydrogens (tertiary/aromatic N) is 2. The van der Waals surface area contributed by atoms with E-state index in [0.717, 1.165) is 30.1 Å². The molecule has 0 spiro atoms. The molecule has 0 amide bonds. The number of hydrogen-bond acceptors (Lipinski definition) is 4. The van der Waals surface area contributed by atoms with Gasteiger partial charge in [-0.1, -0.05) is 44.2 Å². The molecule has 1 saturated carbocycles. The summed E-state index contributed by atoms with van der Waals surface area (Å²) in [7, 11) is 0. The quantitative estimate of drug-likeness (QED) is 0.943. The average molecular weight is 309 g/mol. The van der Waals surface area contributed by atoms with Gasteiger partial charge in [0.15, 0.2) is 5.82 Å². The van der Waals surface area contributed by atoms with Crippen molar-refractivity contribution in [2.24, 2.45) is 11.3 Å². The summed E-state index contributed by atoms with van der Waals surface area (Å²) < 4.78 is 5.85. The third-order valence-corrected chi connectivity index (χ3v) is 5.36. The van der Waals surface area contributed by atoms with Gasteiger partial charge in [0.25, 0.3) is 0 Å². The van der Waals surface area contributed by atoms with E-state index in [1.807, 2.05) is 42.7 Å². The zero-order chi connectivity index (χ0) is 15.9. The Morgan fingerprint density at radius 2 is 1.91 bits per heavy atom. The van der Waals surface area contributed by atoms with Crippen molar-refractivity contribution in [1.82, 2.24) is 15.3 Å². The fraction of sp³-hybridized carbons (Fsp3) is 0.474. The second kappa shape index (κ2) is 5.69. The molecule has 120 valence electrons. The van der Waals surface area contributed by atoms with Crippen LogP contribution in [0.2, 0.25) is 0 Å². The van der Waals surface area contributed by atoms with Crippen LogP contribution in [0.3, 0.4) is 0 Å². The molecule has 3 atom stereocenters. The molecular formula is C19H23N3O. The highest BCUT2D eigenvalue weighted by molar-refractivity contribution is 5.53. The molecule has 4 heteroatoms. The van der Waals surface area contributed by atoms with Gasteiger partial charge in [-0.15, -0.1) is 0 Å². The third kappa shape index (κ3) is 2.56. The monoisotopic (exact) mass is 309 g/mol. The van der Waals surface area contributed by atoms with Crippen LogP contribution < -0.4 is 5.32 Å². The van der Waals surface area contributed by atoms with Gasteiger partial charge < -0.3 is 10.1 Å². The lowest BCUT2D eigenvalue weighted by Gasteiger charge is -2.55. The molecule has 1 aliphatic carbocycles. The molecule has 0 bridgehead atoms. The summed E-state index contributed by atoms with van der Waals surface area (Å²) in [4.78, 5) is 9.00. The molecule has 3 unspecified atom stereocenters. The van der Waals surface area contributed by atoms with Crippen molar-refractivity contribution in [3.8, 4) is 11.4 Å². The van der Waals surface area contributed by atoms with Crippen molar-refractivity contribution in [2.45, 2.75) is 39.0 Å². The standard InChI is InChI=1S/C19H23N3O/c1-19(2)16(15-8-9-23-17(15)19)20-10-13-11-21-18(22-12-13)14-6-4-3-5-7-14/h3-7,11-12,15-17,20H,8-10H2,1-2H3. The van der Waals surface area contributed by atoms with E-state index in [2.05, 4.69) is 29.1 Å². The van der Waals surface area contributed by atoms with Crippen molar-refractivity contribution < 1.29 is 4.74 Å². The molecule has 1 saturated heterocycles. The first-order chi connectivity index (χ1) is 11.2. The van der Waals surface area contributed by atoms with E-state index in [1.165, 1.54) is 6.42 Å². The van der Waals surface area contributed by atoms with Crippen LogP contribution in [0, 0.1) is 11.3 Å². The minimum atomic E-state index is 0.214. The van der Waals surface area contributed by atoms with E-state index >= 15 is 0 Å². The lowest BCUT2D eigenvalue weighted by atomic mass is 9.57. The Bertz CT molecular complexity index is 669. The summed E-state index contributed by atoms with van der Waals surface area (Å²) in [5.41, 5.74) is 2.40. The van der Waals surface area contributed by atoms with Crippen molar-refractivity contribution in [3.05, 3.63) is 48.3 Å². The van der Waals surface area contributed by atoms with Crippen LogP contribution in [-0.2, 0) is 11.3 Å². The summed E-state index contributed by atoms with van der Waals surface area (Å²) in [6, 6.07) is 10.6. The minimum Gasteiger partial charge on any atom is -0.377 e. The molecule has 1 aromatic heterocycles. The van der Waals surface area contributed by atoms with E-state index in [4.69, 9.17) is 4.74 Å². The second-order valence-electron chi connectivity index (χ2n) is 7.20. The largest absolute Gasteiger partial charge is 0.377 e. The highest BCUT2D eigenvalue weighted by Crippen LogP contribution is 2.52. The number of hydrogen-bond donors (Lipinski definition) is 1. The molecule has 4 rings (SSSR count). The van der Waals surface area contributed by atoms with Gasteiger partial charge in [0.1, 0.15) is 0 Å². The van der Waals surface area contributed by atoms with Crippen LogP contribution in [0.15, 0.2) is 42.7 Å². The van der Waals surface area contributed by atoms with Crippen LogP contribution >= 0.6 is 0 Å². The van der Waals surface area contributed by atoms with E-state index in [1.54, 1.807) is 0 Å². The Balaban J connectivity index is 1.40. The van der Waals surface area contributed by atoms with Crippen LogP contribution in [0.4, 0.5) is 0 Å². The SMILES string of the molecule is CC1(C)C(NCc2cnc(-c3ccccc3)nc2)C2CCOC21. The highest BCUT2D eigenvalue weighted by atomic mass is 16.5. The fourth-order valence-corrected chi connectivity index (χ4v) is 4.15. The summed E-state index contributed by atoms with van der Waals surface area (Å²) in [5.74, 6) is 1.44. The molecule has 4 nitrogen and oxygen atoms in total. The Hall–Kier alpha value is -1.78. The lowest BCUT2D eigenvalue weighted by Crippen LogP contribution is -2.65. The zero-order valence-corrected chi connectivity index (χ0v) is 13.7. The molecule has 1 aromatic carbocycles. The molecule has 1 N–H and O–H groups in total. The maximum atomic E-state index is 5.85. The van der Waals surface area contributed by atoms with Gasteiger partial charge in [0, 0.05) is 54.0 Å². The molecule has 2 heterocycles. The Labute approximate surface area is 137 Å². The predicted octanol–water partition coefficient (Wildman–Crippen LogP) is 3.05. The van der Waals surface area contributed by atoms with E-state index in [9.17, 15) is 0 Å². The zero-order valence-electron chi connectivity index (χ0n) is 13.7. The van der Waals surface area contributed by atoms with Crippen molar-refractivity contribution in [1.29, 1.82) is 0 Å². The fourth-order valence-electron chi connectivity index (χ4n) is 4.15. The van der Waals surface area contributed by atoms with Gasteiger partial charge >= 0.3 is 0 Å². The molecule has 23 heavy (non-hydrogen) atoms. The molecule has 2 fully saturated rings. The van der Waals surface area contributed by atoms with Gasteiger partial charge in [-0.25, -0.2) is 9.97 Å². The average Bonchev–Trinajstić information content (AvgIpc) is 3.03. The smallest absolute Gasteiger partial charge is 0.159 e. The maximum absolute atomic E-state index is 5.85. The van der Waals surface area contributed by atoms with Crippen LogP contribution in [0.25, 0.3) is 11.4 Å². The van der Waals surface area contributed by atoms with Crippen LogP contribution in [0.5, 0.6) is 0 Å². The number of ether oxygens (including phenoxy) is 1. The molecule has 0 radical (unpaired) electrons. The van der Waals surface area contributed by atoms with Crippen LogP contribution in [-0.4, -0.2) is 28.7 Å². The number of fused-ring (bicyclic) bond motifs is 1. The number of benzene rings is 1. The summed E-state index contributed by atoms with van der Waals surface area (Å²) in [6.45, 7) is 6.32. The Morgan fingerprint density at radius 3 is 2.65 bits per heavy atom. The van der Waals surface area contributed by atoms with E-state index in [0.29, 0.717) is 18.1 Å². The number of rotatable bonds is 4. The Morgan fingerprint density at radius 1 is 1.17 bits per heavy atom. The van der Waals surface area contributed by atoms with Gasteiger partial charge in [-0.05, 0) is 6.42 Å². The summed E-state index contributed by atoms with van der Waals surface area (Å²) in [5, 5.41) is 3.70. The van der Waals surface area contributed by atoms with Gasteiger partial charge in [-0.2, -0.15) is 0 Å². The van der Waals surface area contributed by atoms with Gasteiger partial charge in [-0.3, -0.25) is 0 Å². The normalized spacial score (nSPS) is 28.2. The molecule has 2 aromatic rings. The van der Waals surface area contributed by atoms with Gasteiger partial charge in [0.05, 0.1) is 6.10 Å². The Kier molecular flexibility index (Phi) is 3.66. The first kappa shape index (κ1) is 14.8. The summed E-state index contributed by atoms with van der Waals surface area (Å²) >= 11 is 0. The highest BCUT2D eigenvalue weighted by Gasteiger charge is 2.58. The first-order valence-corrected chi connectivity index (χ1v) is 8.37. The first-order valence-electron chi connectivity index (χ1n) is 8.37. The molecule has 1 aliphatic heterocycles. The van der Waals surface area contributed by atoms with Crippen molar-refractivity contribution in [2.75, 3.05) is 6.61 Å². The third-order valence-electron chi connectivity index (χ3n) is 5.36. The van der Waals surface area contributed by atoms with E-state index < -0.39 is 0 Å². The molecular weight excluding hydrogens is 286 g/mol. The van der Waals surface area contributed by atoms with E-state index in [-0.39, 0.29) is 5.41 Å². The maximum Gasteiger partial charge on any atom is 0.159 e. The topological polar surface area (TPSA) is 47.0 Å². The number of nitrogens with one attached hydrogen (secondary N) is 1. The van der Waals surface area contributed by atoms with Gasteiger partial charge in [0.2, 0.25) is 0 Å². The lowest BCUT2D eigenvalue weighted by molar-refractivity contribution is -0.113. The summed E-state index contributed by atoms with van der Waals surface area (Å²) in [6.07, 6.45) is 5.46.